The summed E-state index contributed by atoms with van der Waals surface area (Å²) in [7, 11) is 1.66. The van der Waals surface area contributed by atoms with Gasteiger partial charge < -0.3 is 18.8 Å². The molecule has 0 spiro atoms. The first-order valence-corrected chi connectivity index (χ1v) is 9.16. The molecule has 1 aromatic heterocycles. The quantitative estimate of drug-likeness (QED) is 0.759. The molecular weight excluding hydrogens is 332 g/mol. The lowest BCUT2D eigenvalue weighted by Gasteiger charge is -2.33. The molecule has 1 aliphatic rings. The number of methoxy groups -OCH3 is 1. The van der Waals surface area contributed by atoms with Crippen molar-refractivity contribution >= 4 is 5.91 Å². The number of amides is 1. The van der Waals surface area contributed by atoms with E-state index in [4.69, 9.17) is 13.9 Å². The van der Waals surface area contributed by atoms with Crippen LogP contribution in [0.25, 0.3) is 0 Å². The molecule has 6 nitrogen and oxygen atoms in total. The maximum Gasteiger partial charge on any atom is 0.249 e. The first-order chi connectivity index (χ1) is 12.7. The number of benzene rings is 1. The van der Waals surface area contributed by atoms with E-state index < -0.39 is 0 Å². The van der Waals surface area contributed by atoms with Gasteiger partial charge in [-0.2, -0.15) is 0 Å². The molecule has 2 aromatic rings. The second kappa shape index (κ2) is 8.85. The van der Waals surface area contributed by atoms with Crippen LogP contribution in [0.15, 0.2) is 34.9 Å². The smallest absolute Gasteiger partial charge is 0.249 e. The van der Waals surface area contributed by atoms with Crippen LogP contribution >= 0.6 is 0 Å². The summed E-state index contributed by atoms with van der Waals surface area (Å²) >= 11 is 0. The Hall–Kier alpha value is -2.34. The first kappa shape index (κ1) is 18.5. The van der Waals surface area contributed by atoms with Gasteiger partial charge in [0, 0.05) is 25.1 Å². The van der Waals surface area contributed by atoms with Gasteiger partial charge in [0.05, 0.1) is 13.3 Å². The molecule has 1 saturated heterocycles. The average Bonchev–Trinajstić information content (AvgIpc) is 3.15. The molecule has 0 bridgehead atoms. The van der Waals surface area contributed by atoms with Gasteiger partial charge in [-0.05, 0) is 32.3 Å². The molecule has 1 aromatic carbocycles. The van der Waals surface area contributed by atoms with Crippen molar-refractivity contribution in [1.82, 2.24) is 9.88 Å². The summed E-state index contributed by atoms with van der Waals surface area (Å²) in [6, 6.07) is 7.76. The predicted molar refractivity (Wildman–Crippen MR) is 97.1 cm³/mol. The van der Waals surface area contributed by atoms with Crippen molar-refractivity contribution in [1.29, 1.82) is 0 Å². The molecule has 140 valence electrons. The van der Waals surface area contributed by atoms with Crippen molar-refractivity contribution in [3.63, 3.8) is 0 Å². The highest BCUT2D eigenvalue weighted by molar-refractivity contribution is 5.78. The van der Waals surface area contributed by atoms with Crippen LogP contribution in [0.3, 0.4) is 0 Å². The number of carbonyl (C=O) groups is 1. The summed E-state index contributed by atoms with van der Waals surface area (Å²) in [5.41, 5.74) is 1.05. The zero-order valence-corrected chi connectivity index (χ0v) is 15.4. The number of nitrogens with zero attached hydrogens (tertiary/aromatic N) is 2. The van der Waals surface area contributed by atoms with Crippen LogP contribution in [0.4, 0.5) is 0 Å². The fraction of sp³-hybridized carbons (Fsp3) is 0.500. The molecule has 1 amide bonds. The molecule has 3 rings (SSSR count). The van der Waals surface area contributed by atoms with E-state index in [1.807, 2.05) is 36.1 Å². The fourth-order valence-corrected chi connectivity index (χ4v) is 3.35. The Balaban J connectivity index is 1.73. The normalized spacial score (nSPS) is 17.3. The molecule has 0 saturated carbocycles. The number of piperidine rings is 1. The molecule has 1 aliphatic heterocycles. The SMILES string of the molecule is CCOCC(=O)N1CCCCC1c1ncc(Cc2ccccc2OC)o1. The standard InChI is InChI=1S/C20H26N2O4/c1-3-25-14-19(23)22-11-7-6-9-17(22)20-21-13-16(26-20)12-15-8-4-5-10-18(15)24-2/h4-5,8,10,13,17H,3,6-7,9,11-12,14H2,1-2H3. The highest BCUT2D eigenvalue weighted by Crippen LogP contribution is 2.31. The van der Waals surface area contributed by atoms with Gasteiger partial charge in [-0.25, -0.2) is 4.98 Å². The van der Waals surface area contributed by atoms with Gasteiger partial charge >= 0.3 is 0 Å². The lowest BCUT2D eigenvalue weighted by molar-refractivity contribution is -0.140. The summed E-state index contributed by atoms with van der Waals surface area (Å²) in [5.74, 6) is 2.21. The third-order valence-corrected chi connectivity index (χ3v) is 4.67. The Morgan fingerprint density at radius 3 is 3.00 bits per heavy atom. The number of aromatic nitrogens is 1. The van der Waals surface area contributed by atoms with Crippen molar-refractivity contribution in [2.75, 3.05) is 26.9 Å². The number of hydrogen-bond acceptors (Lipinski definition) is 5. The number of rotatable bonds is 7. The van der Waals surface area contributed by atoms with Gasteiger partial charge in [-0.3, -0.25) is 4.79 Å². The lowest BCUT2D eigenvalue weighted by atomic mass is 10.0. The van der Waals surface area contributed by atoms with Gasteiger partial charge in [0.15, 0.2) is 0 Å². The Morgan fingerprint density at radius 1 is 1.35 bits per heavy atom. The molecule has 0 aliphatic carbocycles. The third kappa shape index (κ3) is 4.25. The third-order valence-electron chi connectivity index (χ3n) is 4.67. The summed E-state index contributed by atoms with van der Waals surface area (Å²) in [6.45, 7) is 3.26. The number of ether oxygens (including phenoxy) is 2. The predicted octanol–water partition coefficient (Wildman–Crippen LogP) is 3.36. The number of likely N-dealkylation sites (tertiary alicyclic amines) is 1. The second-order valence-electron chi connectivity index (χ2n) is 6.39. The monoisotopic (exact) mass is 358 g/mol. The molecular formula is C20H26N2O4. The Kier molecular flexibility index (Phi) is 6.28. The number of para-hydroxylation sites is 1. The summed E-state index contributed by atoms with van der Waals surface area (Å²) in [4.78, 5) is 18.7. The van der Waals surface area contributed by atoms with Gasteiger partial charge in [-0.1, -0.05) is 18.2 Å². The van der Waals surface area contributed by atoms with Gasteiger partial charge in [0.1, 0.15) is 24.2 Å². The molecule has 0 N–H and O–H groups in total. The Morgan fingerprint density at radius 2 is 2.19 bits per heavy atom. The van der Waals surface area contributed by atoms with Crippen molar-refractivity contribution < 1.29 is 18.7 Å². The van der Waals surface area contributed by atoms with Crippen LogP contribution in [-0.2, 0) is 16.0 Å². The van der Waals surface area contributed by atoms with E-state index in [0.717, 1.165) is 42.9 Å². The van der Waals surface area contributed by atoms with Crippen LogP contribution in [-0.4, -0.2) is 42.7 Å². The average molecular weight is 358 g/mol. The van der Waals surface area contributed by atoms with Crippen LogP contribution < -0.4 is 4.74 Å². The Labute approximate surface area is 154 Å². The van der Waals surface area contributed by atoms with Crippen LogP contribution in [0.1, 0.15) is 49.4 Å². The molecule has 1 unspecified atom stereocenters. The van der Waals surface area contributed by atoms with E-state index in [-0.39, 0.29) is 18.6 Å². The van der Waals surface area contributed by atoms with Crippen molar-refractivity contribution in [2.24, 2.45) is 0 Å². The van der Waals surface area contributed by atoms with Crippen molar-refractivity contribution in [3.05, 3.63) is 47.7 Å². The largest absolute Gasteiger partial charge is 0.496 e. The van der Waals surface area contributed by atoms with Crippen LogP contribution in [0.5, 0.6) is 5.75 Å². The van der Waals surface area contributed by atoms with E-state index in [0.29, 0.717) is 18.9 Å². The van der Waals surface area contributed by atoms with E-state index >= 15 is 0 Å². The van der Waals surface area contributed by atoms with E-state index in [1.165, 1.54) is 0 Å². The molecule has 6 heteroatoms. The van der Waals surface area contributed by atoms with E-state index in [2.05, 4.69) is 4.98 Å². The fourth-order valence-electron chi connectivity index (χ4n) is 3.35. The molecule has 26 heavy (non-hydrogen) atoms. The van der Waals surface area contributed by atoms with E-state index in [9.17, 15) is 4.79 Å². The maximum atomic E-state index is 12.4. The topological polar surface area (TPSA) is 64.8 Å². The summed E-state index contributed by atoms with van der Waals surface area (Å²) < 4.78 is 16.7. The molecule has 1 atom stereocenters. The first-order valence-electron chi connectivity index (χ1n) is 9.16. The van der Waals surface area contributed by atoms with Crippen molar-refractivity contribution in [2.45, 2.75) is 38.6 Å². The zero-order chi connectivity index (χ0) is 18.4. The highest BCUT2D eigenvalue weighted by Gasteiger charge is 2.31. The summed E-state index contributed by atoms with van der Waals surface area (Å²) in [6.07, 6.45) is 5.29. The lowest BCUT2D eigenvalue weighted by Crippen LogP contribution is -2.40. The molecule has 1 fully saturated rings. The minimum Gasteiger partial charge on any atom is -0.496 e. The maximum absolute atomic E-state index is 12.4. The minimum absolute atomic E-state index is 0.000952. The van der Waals surface area contributed by atoms with Crippen LogP contribution in [0.2, 0.25) is 0 Å². The summed E-state index contributed by atoms with van der Waals surface area (Å²) in [5, 5.41) is 0. The van der Waals surface area contributed by atoms with Crippen molar-refractivity contribution in [3.8, 4) is 5.75 Å². The second-order valence-corrected chi connectivity index (χ2v) is 6.39. The molecule has 0 radical (unpaired) electrons. The molecule has 2 heterocycles. The van der Waals surface area contributed by atoms with Crippen LogP contribution in [0, 0.1) is 0 Å². The van der Waals surface area contributed by atoms with Gasteiger partial charge in [0.25, 0.3) is 0 Å². The highest BCUT2D eigenvalue weighted by atomic mass is 16.5. The van der Waals surface area contributed by atoms with E-state index in [1.54, 1.807) is 13.3 Å². The Bertz CT molecular complexity index is 728. The number of hydrogen-bond donors (Lipinski definition) is 0. The van der Waals surface area contributed by atoms with Gasteiger partial charge in [0.2, 0.25) is 11.8 Å². The zero-order valence-electron chi connectivity index (χ0n) is 15.4. The number of oxazole rings is 1. The number of carbonyl (C=O) groups excluding carboxylic acids is 1. The van der Waals surface area contributed by atoms with Gasteiger partial charge in [-0.15, -0.1) is 0 Å². The minimum atomic E-state index is -0.108.